The second-order valence-corrected chi connectivity index (χ2v) is 5.54. The maximum atomic E-state index is 12.8. The van der Waals surface area contributed by atoms with Crippen LogP contribution in [0.1, 0.15) is 17.4 Å². The molecule has 0 bridgehead atoms. The zero-order chi connectivity index (χ0) is 14.4. The van der Waals surface area contributed by atoms with Gasteiger partial charge in [0.25, 0.3) is 5.91 Å². The first-order valence-electron chi connectivity index (χ1n) is 6.99. The third kappa shape index (κ3) is 1.91. The van der Waals surface area contributed by atoms with Crippen molar-refractivity contribution in [1.29, 1.82) is 0 Å². The number of fused-ring (bicyclic) bond motifs is 2. The summed E-state index contributed by atoms with van der Waals surface area (Å²) in [5.41, 5.74) is 1.51. The number of amides is 1. The summed E-state index contributed by atoms with van der Waals surface area (Å²) in [6.45, 7) is 3.68. The van der Waals surface area contributed by atoms with E-state index in [1.807, 2.05) is 22.9 Å². The largest absolute Gasteiger partial charge is 0.350 e. The van der Waals surface area contributed by atoms with Gasteiger partial charge >= 0.3 is 0 Å². The number of hydrogen-bond donors (Lipinski definition) is 1. The molecule has 4 rings (SSSR count). The Morgan fingerprint density at radius 1 is 1.33 bits per heavy atom. The van der Waals surface area contributed by atoms with E-state index >= 15 is 0 Å². The molecule has 0 radical (unpaired) electrons. The van der Waals surface area contributed by atoms with E-state index in [0.717, 1.165) is 23.3 Å². The number of pyridine rings is 1. The van der Waals surface area contributed by atoms with Gasteiger partial charge in [-0.05, 0) is 18.1 Å². The molecule has 6 nitrogen and oxygen atoms in total. The molecule has 3 aromatic rings. The van der Waals surface area contributed by atoms with Crippen LogP contribution in [0.5, 0.6) is 0 Å². The standard InChI is InChI=1S/C15H15N5O/c1-10-8-19(14-3-5-17-20(14)9-10)15(21)13-6-11-7-16-4-2-12(11)18-13/h2-7,10,18H,8-9H2,1H3. The van der Waals surface area contributed by atoms with Crippen molar-refractivity contribution < 1.29 is 4.79 Å². The maximum absolute atomic E-state index is 12.8. The first-order chi connectivity index (χ1) is 10.2. The van der Waals surface area contributed by atoms with Crippen LogP contribution >= 0.6 is 0 Å². The molecule has 21 heavy (non-hydrogen) atoms. The minimum atomic E-state index is -0.0282. The number of carbonyl (C=O) groups excluding carboxylic acids is 1. The summed E-state index contributed by atoms with van der Waals surface area (Å²) < 4.78 is 1.89. The fraction of sp³-hybridized carbons (Fsp3) is 0.267. The number of aromatic nitrogens is 4. The lowest BCUT2D eigenvalue weighted by Crippen LogP contribution is -2.41. The van der Waals surface area contributed by atoms with Crippen molar-refractivity contribution in [2.24, 2.45) is 5.92 Å². The van der Waals surface area contributed by atoms with Gasteiger partial charge in [0.2, 0.25) is 0 Å². The Morgan fingerprint density at radius 2 is 2.24 bits per heavy atom. The fourth-order valence-corrected chi connectivity index (χ4v) is 2.87. The Labute approximate surface area is 121 Å². The van der Waals surface area contributed by atoms with Gasteiger partial charge in [-0.15, -0.1) is 0 Å². The summed E-state index contributed by atoms with van der Waals surface area (Å²) in [5, 5.41) is 5.22. The SMILES string of the molecule is CC1CN(C(=O)c2cc3cnccc3[nH]2)c2ccnn2C1. The van der Waals surface area contributed by atoms with Crippen molar-refractivity contribution in [1.82, 2.24) is 19.7 Å². The molecule has 0 aliphatic carbocycles. The van der Waals surface area contributed by atoms with E-state index in [0.29, 0.717) is 18.2 Å². The van der Waals surface area contributed by atoms with Gasteiger partial charge in [-0.1, -0.05) is 6.92 Å². The normalized spacial score (nSPS) is 18.0. The summed E-state index contributed by atoms with van der Waals surface area (Å²) in [6, 6.07) is 5.60. The number of H-pyrrole nitrogens is 1. The van der Waals surface area contributed by atoms with Gasteiger partial charge in [0.1, 0.15) is 11.5 Å². The molecule has 3 aromatic heterocycles. The van der Waals surface area contributed by atoms with Crippen LogP contribution in [0.15, 0.2) is 36.8 Å². The van der Waals surface area contributed by atoms with Crippen molar-refractivity contribution in [2.75, 3.05) is 11.4 Å². The molecule has 0 fully saturated rings. The molecule has 6 heteroatoms. The predicted molar refractivity (Wildman–Crippen MR) is 79.2 cm³/mol. The van der Waals surface area contributed by atoms with E-state index in [1.165, 1.54) is 0 Å². The van der Waals surface area contributed by atoms with Crippen molar-refractivity contribution in [3.05, 3.63) is 42.5 Å². The number of anilines is 1. The highest BCUT2D eigenvalue weighted by molar-refractivity contribution is 6.07. The minimum absolute atomic E-state index is 0.0282. The quantitative estimate of drug-likeness (QED) is 0.742. The smallest absolute Gasteiger partial charge is 0.275 e. The molecule has 1 aliphatic heterocycles. The van der Waals surface area contributed by atoms with Crippen LogP contribution in [0.4, 0.5) is 5.82 Å². The van der Waals surface area contributed by atoms with Gasteiger partial charge in [0, 0.05) is 42.5 Å². The van der Waals surface area contributed by atoms with Crippen LogP contribution in [0.2, 0.25) is 0 Å². The molecule has 0 saturated heterocycles. The third-order valence-electron chi connectivity index (χ3n) is 3.85. The highest BCUT2D eigenvalue weighted by Gasteiger charge is 2.28. The summed E-state index contributed by atoms with van der Waals surface area (Å²) in [6.07, 6.45) is 5.21. The minimum Gasteiger partial charge on any atom is -0.350 e. The molecule has 1 N–H and O–H groups in total. The number of nitrogens with one attached hydrogen (secondary N) is 1. The highest BCUT2D eigenvalue weighted by Crippen LogP contribution is 2.25. The van der Waals surface area contributed by atoms with Crippen LogP contribution in [0, 0.1) is 5.92 Å². The third-order valence-corrected chi connectivity index (χ3v) is 3.85. The van der Waals surface area contributed by atoms with Crippen molar-refractivity contribution in [3.63, 3.8) is 0 Å². The molecule has 4 heterocycles. The molecule has 0 saturated carbocycles. The van der Waals surface area contributed by atoms with Gasteiger partial charge in [-0.25, -0.2) is 4.68 Å². The molecular formula is C15H15N5O. The molecular weight excluding hydrogens is 266 g/mol. The van der Waals surface area contributed by atoms with Crippen LogP contribution in [0.3, 0.4) is 0 Å². The van der Waals surface area contributed by atoms with Crippen LogP contribution in [-0.4, -0.2) is 32.2 Å². The number of aromatic amines is 1. The number of rotatable bonds is 1. The van der Waals surface area contributed by atoms with Gasteiger partial charge in [0.15, 0.2) is 0 Å². The van der Waals surface area contributed by atoms with Crippen LogP contribution in [-0.2, 0) is 6.54 Å². The monoisotopic (exact) mass is 281 g/mol. The van der Waals surface area contributed by atoms with E-state index in [2.05, 4.69) is 22.0 Å². The van der Waals surface area contributed by atoms with Crippen LogP contribution < -0.4 is 4.90 Å². The lowest BCUT2D eigenvalue weighted by atomic mass is 10.1. The van der Waals surface area contributed by atoms with Crippen molar-refractivity contribution >= 4 is 22.6 Å². The first-order valence-corrected chi connectivity index (χ1v) is 6.99. The zero-order valence-electron chi connectivity index (χ0n) is 11.7. The highest BCUT2D eigenvalue weighted by atomic mass is 16.2. The zero-order valence-corrected chi connectivity index (χ0v) is 11.7. The number of nitrogens with zero attached hydrogens (tertiary/aromatic N) is 4. The summed E-state index contributed by atoms with van der Waals surface area (Å²) in [5.74, 6) is 1.21. The van der Waals surface area contributed by atoms with E-state index in [9.17, 15) is 4.79 Å². The van der Waals surface area contributed by atoms with Crippen molar-refractivity contribution in [3.8, 4) is 0 Å². The average Bonchev–Trinajstić information content (AvgIpc) is 3.11. The van der Waals surface area contributed by atoms with Gasteiger partial charge < -0.3 is 4.98 Å². The fourth-order valence-electron chi connectivity index (χ4n) is 2.87. The Kier molecular flexibility index (Phi) is 2.57. The van der Waals surface area contributed by atoms with E-state index in [-0.39, 0.29) is 5.91 Å². The van der Waals surface area contributed by atoms with Crippen LogP contribution in [0.25, 0.3) is 10.9 Å². The lowest BCUT2D eigenvalue weighted by molar-refractivity contribution is 0.0971. The Morgan fingerprint density at radius 3 is 3.10 bits per heavy atom. The molecule has 1 aliphatic rings. The molecule has 106 valence electrons. The first kappa shape index (κ1) is 12.1. The second kappa shape index (κ2) is 4.44. The predicted octanol–water partition coefficient (Wildman–Crippen LogP) is 2.06. The van der Waals surface area contributed by atoms with E-state index < -0.39 is 0 Å². The molecule has 0 aromatic carbocycles. The number of carbonyl (C=O) groups is 1. The Balaban J connectivity index is 1.75. The molecule has 1 amide bonds. The molecule has 0 spiro atoms. The summed E-state index contributed by atoms with van der Waals surface area (Å²) in [4.78, 5) is 21.8. The Hall–Kier alpha value is -2.63. The van der Waals surface area contributed by atoms with Crippen molar-refractivity contribution in [2.45, 2.75) is 13.5 Å². The van der Waals surface area contributed by atoms with Gasteiger partial charge in [0.05, 0.1) is 6.20 Å². The maximum Gasteiger partial charge on any atom is 0.275 e. The van der Waals surface area contributed by atoms with Gasteiger partial charge in [-0.2, -0.15) is 5.10 Å². The van der Waals surface area contributed by atoms with Gasteiger partial charge in [-0.3, -0.25) is 14.7 Å². The molecule has 1 unspecified atom stereocenters. The second-order valence-electron chi connectivity index (χ2n) is 5.54. The summed E-state index contributed by atoms with van der Waals surface area (Å²) in [7, 11) is 0. The number of hydrogen-bond acceptors (Lipinski definition) is 3. The van der Waals surface area contributed by atoms with E-state index in [4.69, 9.17) is 0 Å². The summed E-state index contributed by atoms with van der Waals surface area (Å²) >= 11 is 0. The Bertz CT molecular complexity index is 785. The lowest BCUT2D eigenvalue weighted by Gasteiger charge is -2.31. The topological polar surface area (TPSA) is 66.8 Å². The molecule has 1 atom stereocenters. The van der Waals surface area contributed by atoms with E-state index in [1.54, 1.807) is 23.5 Å². The average molecular weight is 281 g/mol.